The fourth-order valence-corrected chi connectivity index (χ4v) is 3.12. The van der Waals surface area contributed by atoms with Gasteiger partial charge < -0.3 is 5.32 Å². The highest BCUT2D eigenvalue weighted by Crippen LogP contribution is 2.43. The average Bonchev–Trinajstić information content (AvgIpc) is 3.28. The molecule has 3 rings (SSSR count). The van der Waals surface area contributed by atoms with Crippen LogP contribution in [0.4, 0.5) is 0 Å². The van der Waals surface area contributed by atoms with Crippen molar-refractivity contribution in [3.8, 4) is 11.1 Å². The molecule has 1 aromatic heterocycles. The summed E-state index contributed by atoms with van der Waals surface area (Å²) in [4.78, 5) is 4.26. The molecule has 2 aromatic rings. The van der Waals surface area contributed by atoms with E-state index in [1.54, 1.807) is 12.3 Å². The minimum Gasteiger partial charge on any atom is -0.310 e. The van der Waals surface area contributed by atoms with Crippen LogP contribution in [-0.4, -0.2) is 11.0 Å². The Kier molecular flexibility index (Phi) is 4.63. The molecular weight excluding hydrogens is 350 g/mol. The first kappa shape index (κ1) is 15.4. The minimum atomic E-state index is 0.377. The Balaban J connectivity index is 1.97. The molecule has 0 unspecified atom stereocenters. The lowest BCUT2D eigenvalue weighted by Crippen LogP contribution is -2.15. The number of halogens is 4. The summed E-state index contributed by atoms with van der Waals surface area (Å²) in [6.45, 7) is 0.773. The zero-order valence-electron chi connectivity index (χ0n) is 11.0. The highest BCUT2D eigenvalue weighted by Gasteiger charge is 2.20. The fraction of sp³-hybridized carbons (Fsp3) is 0.267. The Labute approximate surface area is 143 Å². The van der Waals surface area contributed by atoms with Crippen molar-refractivity contribution in [2.75, 3.05) is 0 Å². The summed E-state index contributed by atoms with van der Waals surface area (Å²) in [6.07, 6.45) is 6.02. The van der Waals surface area contributed by atoms with E-state index in [-0.39, 0.29) is 0 Å². The van der Waals surface area contributed by atoms with Crippen LogP contribution < -0.4 is 5.32 Å². The SMILES string of the molecule is Clc1cc(Cl)c(Cl)c(-c2cncc(CNC3CC3)c2)c1Cl. The van der Waals surface area contributed by atoms with Crippen LogP contribution in [0.3, 0.4) is 0 Å². The third-order valence-electron chi connectivity index (χ3n) is 3.37. The Morgan fingerprint density at radius 2 is 1.67 bits per heavy atom. The van der Waals surface area contributed by atoms with E-state index in [9.17, 15) is 0 Å². The third kappa shape index (κ3) is 3.46. The lowest BCUT2D eigenvalue weighted by Gasteiger charge is -2.11. The maximum atomic E-state index is 6.28. The molecule has 0 aliphatic heterocycles. The highest BCUT2D eigenvalue weighted by molar-refractivity contribution is 6.50. The number of rotatable bonds is 4. The van der Waals surface area contributed by atoms with E-state index in [2.05, 4.69) is 10.3 Å². The van der Waals surface area contributed by atoms with Gasteiger partial charge in [0, 0.05) is 36.1 Å². The van der Waals surface area contributed by atoms with Gasteiger partial charge in [-0.3, -0.25) is 4.98 Å². The second kappa shape index (κ2) is 6.31. The topological polar surface area (TPSA) is 24.9 Å². The molecule has 1 aliphatic carbocycles. The minimum absolute atomic E-state index is 0.377. The van der Waals surface area contributed by atoms with Crippen LogP contribution in [0, 0.1) is 0 Å². The Morgan fingerprint density at radius 3 is 2.29 bits per heavy atom. The van der Waals surface area contributed by atoms with Gasteiger partial charge in [0.1, 0.15) is 0 Å². The number of nitrogens with one attached hydrogen (secondary N) is 1. The first-order valence-corrected chi connectivity index (χ1v) is 8.08. The standard InChI is InChI=1S/C15H12Cl4N2/c16-11-4-12(17)15(19)13(14(11)18)9-3-8(5-20-7-9)6-21-10-1-2-10/h3-5,7,10,21H,1-2,6H2. The first-order chi connectivity index (χ1) is 10.1. The predicted molar refractivity (Wildman–Crippen MR) is 89.6 cm³/mol. The molecule has 1 fully saturated rings. The summed E-state index contributed by atoms with van der Waals surface area (Å²) in [5.41, 5.74) is 2.50. The van der Waals surface area contributed by atoms with Gasteiger partial charge in [-0.15, -0.1) is 0 Å². The number of benzene rings is 1. The number of pyridine rings is 1. The van der Waals surface area contributed by atoms with E-state index < -0.39 is 0 Å². The maximum absolute atomic E-state index is 6.28. The fourth-order valence-electron chi connectivity index (χ4n) is 2.10. The average molecular weight is 362 g/mol. The van der Waals surface area contributed by atoms with E-state index in [1.807, 2.05) is 12.3 Å². The van der Waals surface area contributed by atoms with E-state index in [0.29, 0.717) is 31.7 Å². The van der Waals surface area contributed by atoms with Crippen molar-refractivity contribution in [1.29, 1.82) is 0 Å². The molecule has 110 valence electrons. The lowest BCUT2D eigenvalue weighted by molar-refractivity contribution is 0.686. The van der Waals surface area contributed by atoms with Crippen molar-refractivity contribution in [3.63, 3.8) is 0 Å². The van der Waals surface area contributed by atoms with Crippen LogP contribution >= 0.6 is 46.4 Å². The number of hydrogen-bond acceptors (Lipinski definition) is 2. The molecule has 1 aliphatic rings. The monoisotopic (exact) mass is 360 g/mol. The van der Waals surface area contributed by atoms with Crippen LogP contribution in [-0.2, 0) is 6.54 Å². The van der Waals surface area contributed by atoms with Crippen molar-refractivity contribution < 1.29 is 0 Å². The van der Waals surface area contributed by atoms with E-state index in [1.165, 1.54) is 12.8 Å². The highest BCUT2D eigenvalue weighted by atomic mass is 35.5. The summed E-state index contributed by atoms with van der Waals surface area (Å²) in [6, 6.07) is 4.19. The lowest BCUT2D eigenvalue weighted by atomic mass is 10.1. The van der Waals surface area contributed by atoms with Gasteiger partial charge in [0.2, 0.25) is 0 Å². The van der Waals surface area contributed by atoms with Gasteiger partial charge in [0.15, 0.2) is 0 Å². The van der Waals surface area contributed by atoms with Crippen molar-refractivity contribution in [2.45, 2.75) is 25.4 Å². The van der Waals surface area contributed by atoms with Crippen LogP contribution in [0.2, 0.25) is 20.1 Å². The molecular formula is C15H12Cl4N2. The second-order valence-electron chi connectivity index (χ2n) is 5.08. The predicted octanol–water partition coefficient (Wildman–Crippen LogP) is 5.61. The molecule has 21 heavy (non-hydrogen) atoms. The molecule has 0 saturated heterocycles. The van der Waals surface area contributed by atoms with Crippen molar-refractivity contribution >= 4 is 46.4 Å². The summed E-state index contributed by atoms with van der Waals surface area (Å²) < 4.78 is 0. The molecule has 0 radical (unpaired) electrons. The van der Waals surface area contributed by atoms with Crippen LogP contribution in [0.25, 0.3) is 11.1 Å². The molecule has 1 N–H and O–H groups in total. The molecule has 0 atom stereocenters. The number of hydrogen-bond donors (Lipinski definition) is 1. The first-order valence-electron chi connectivity index (χ1n) is 6.57. The van der Waals surface area contributed by atoms with Crippen molar-refractivity contribution in [2.24, 2.45) is 0 Å². The summed E-state index contributed by atoms with van der Waals surface area (Å²) >= 11 is 24.7. The van der Waals surface area contributed by atoms with E-state index in [0.717, 1.165) is 17.7 Å². The van der Waals surface area contributed by atoms with Gasteiger partial charge in [-0.05, 0) is 30.5 Å². The Bertz CT molecular complexity index is 657. The van der Waals surface area contributed by atoms with Crippen molar-refractivity contribution in [1.82, 2.24) is 10.3 Å². The van der Waals surface area contributed by atoms with Gasteiger partial charge in [0.25, 0.3) is 0 Å². The molecule has 6 heteroatoms. The molecule has 2 nitrogen and oxygen atoms in total. The van der Waals surface area contributed by atoms with Gasteiger partial charge >= 0.3 is 0 Å². The summed E-state index contributed by atoms with van der Waals surface area (Å²) in [5, 5.41) is 4.98. The molecule has 1 heterocycles. The maximum Gasteiger partial charge on any atom is 0.0687 e. The number of nitrogens with zero attached hydrogens (tertiary/aromatic N) is 1. The molecule has 1 saturated carbocycles. The zero-order valence-corrected chi connectivity index (χ0v) is 14.0. The quantitative estimate of drug-likeness (QED) is 0.715. The van der Waals surface area contributed by atoms with Crippen LogP contribution in [0.15, 0.2) is 24.5 Å². The zero-order chi connectivity index (χ0) is 15.0. The van der Waals surface area contributed by atoms with Crippen LogP contribution in [0.5, 0.6) is 0 Å². The molecule has 0 spiro atoms. The van der Waals surface area contributed by atoms with Gasteiger partial charge in [0.05, 0.1) is 20.1 Å². The van der Waals surface area contributed by atoms with Crippen molar-refractivity contribution in [3.05, 3.63) is 50.2 Å². The smallest absolute Gasteiger partial charge is 0.0687 e. The normalized spacial score (nSPS) is 14.5. The summed E-state index contributed by atoms with van der Waals surface area (Å²) in [7, 11) is 0. The molecule has 1 aromatic carbocycles. The van der Waals surface area contributed by atoms with Gasteiger partial charge in [-0.1, -0.05) is 46.4 Å². The van der Waals surface area contributed by atoms with E-state index in [4.69, 9.17) is 46.4 Å². The second-order valence-corrected chi connectivity index (χ2v) is 6.65. The number of aromatic nitrogens is 1. The summed E-state index contributed by atoms with van der Waals surface area (Å²) in [5.74, 6) is 0. The molecule has 0 bridgehead atoms. The largest absolute Gasteiger partial charge is 0.310 e. The Morgan fingerprint density at radius 1 is 1.00 bits per heavy atom. The van der Waals surface area contributed by atoms with Gasteiger partial charge in [-0.25, -0.2) is 0 Å². The molecule has 0 amide bonds. The van der Waals surface area contributed by atoms with Crippen LogP contribution in [0.1, 0.15) is 18.4 Å². The third-order valence-corrected chi connectivity index (χ3v) is 4.94. The van der Waals surface area contributed by atoms with E-state index >= 15 is 0 Å². The van der Waals surface area contributed by atoms with Gasteiger partial charge in [-0.2, -0.15) is 0 Å². The Hall–Kier alpha value is -0.510.